The molecule has 0 radical (unpaired) electrons. The maximum absolute atomic E-state index is 7.09. The first-order valence-corrected chi connectivity index (χ1v) is 24.6. The second-order valence-electron chi connectivity index (χ2n) is 21.9. The Balaban J connectivity index is 1.15. The number of aromatic nitrogens is 1. The Morgan fingerprint density at radius 1 is 0.559 bits per heavy atom. The van der Waals surface area contributed by atoms with Crippen molar-refractivity contribution in [2.75, 3.05) is 9.80 Å². The Labute approximate surface area is 406 Å². The van der Waals surface area contributed by atoms with Crippen LogP contribution < -0.4 is 14.5 Å². The molecule has 2 atom stereocenters. The number of fused-ring (bicyclic) bond motifs is 8. The number of nitrogens with zero attached hydrogens (tertiary/aromatic N) is 4. The van der Waals surface area contributed by atoms with E-state index < -0.39 is 0 Å². The topological polar surface area (TPSA) is 41.0 Å². The minimum Gasteiger partial charge on any atom is -0.457 e. The van der Waals surface area contributed by atoms with Gasteiger partial charge in [-0.15, -0.1) is 0 Å². The van der Waals surface area contributed by atoms with Crippen LogP contribution in [-0.2, 0) is 10.8 Å². The maximum atomic E-state index is 7.09. The van der Waals surface area contributed by atoms with Gasteiger partial charge in [-0.1, -0.05) is 71.0 Å². The number of ether oxygens (including phenoxy) is 1. The summed E-state index contributed by atoms with van der Waals surface area (Å²) in [5, 5.41) is 0. The first-order chi connectivity index (χ1) is 32.1. The molecule has 0 unspecified atom stereocenters. The third-order valence-electron chi connectivity index (χ3n) is 16.6. The van der Waals surface area contributed by atoms with Gasteiger partial charge in [0.1, 0.15) is 29.2 Å². The van der Waals surface area contributed by atoms with Crippen LogP contribution in [0.3, 0.4) is 0 Å². The summed E-state index contributed by atoms with van der Waals surface area (Å²) in [6.07, 6.45) is 1.95. The Bertz CT molecular complexity index is 3290. The Kier molecular flexibility index (Phi) is 10.5. The number of benzene rings is 6. The van der Waals surface area contributed by atoms with Crippen LogP contribution in [0, 0.1) is 83.1 Å². The molecule has 0 saturated carbocycles. The van der Waals surface area contributed by atoms with Gasteiger partial charge in [-0.3, -0.25) is 9.89 Å². The number of aryl methyl sites for hydroxylation is 3. The second kappa shape index (κ2) is 15.8. The van der Waals surface area contributed by atoms with Crippen LogP contribution in [0.5, 0.6) is 11.5 Å². The van der Waals surface area contributed by atoms with E-state index in [4.69, 9.17) is 14.7 Å². The number of anilines is 4. The standard InChI is InChI=1S/C63H68N4O/c1-33-26-45(30-48(27-33)68-47-22-23-52-54(32-47)66(53-21-19-18-20-51(53)63(52,16)17)55-31-46(24-25-64-55)62(13,14)15)61-65-58-49-28-34(2)36(4)41(9)56(49)57-42(10)37(5)35(3)29-50(57)60(58)67(61)59-43(11)39(7)38(6)40(8)44(59)12/h18-32,58,60H,1-17H3/t58-,60+/m1/s1. The number of para-hydroxylation sites is 1. The van der Waals surface area contributed by atoms with Crippen LogP contribution in [0.15, 0.2) is 96.1 Å². The fourth-order valence-electron chi connectivity index (χ4n) is 11.8. The Hall–Kier alpha value is -6.46. The summed E-state index contributed by atoms with van der Waals surface area (Å²) in [5.74, 6) is 3.43. The lowest BCUT2D eigenvalue weighted by Gasteiger charge is -2.41. The van der Waals surface area contributed by atoms with E-state index in [0.29, 0.717) is 0 Å². The van der Waals surface area contributed by atoms with Crippen LogP contribution in [0.1, 0.15) is 147 Å². The smallest absolute Gasteiger partial charge is 0.137 e. The summed E-state index contributed by atoms with van der Waals surface area (Å²) in [7, 11) is 0. The van der Waals surface area contributed by atoms with E-state index in [0.717, 1.165) is 45.7 Å². The van der Waals surface area contributed by atoms with Crippen LogP contribution in [-0.4, -0.2) is 10.8 Å². The highest BCUT2D eigenvalue weighted by molar-refractivity contribution is 6.14. The summed E-state index contributed by atoms with van der Waals surface area (Å²) < 4.78 is 7.09. The lowest BCUT2D eigenvalue weighted by Crippen LogP contribution is -2.35. The highest BCUT2D eigenvalue weighted by atomic mass is 16.5. The van der Waals surface area contributed by atoms with Gasteiger partial charge in [-0.2, -0.15) is 0 Å². The monoisotopic (exact) mass is 897 g/mol. The average molecular weight is 897 g/mol. The minimum absolute atomic E-state index is 0.0327. The quantitative estimate of drug-likeness (QED) is 0.173. The van der Waals surface area contributed by atoms with Gasteiger partial charge in [-0.25, -0.2) is 4.98 Å². The molecule has 1 aliphatic carbocycles. The van der Waals surface area contributed by atoms with Gasteiger partial charge in [0.2, 0.25) is 0 Å². The van der Waals surface area contributed by atoms with Crippen LogP contribution in [0.4, 0.5) is 22.9 Å². The SMILES string of the molecule is Cc1cc(Oc2ccc3c(c2)N(c2cc(C(C)(C)C)ccn2)c2ccccc2C3(C)C)cc(C2=N[C@@H]3c4cc(C)c(C)c(C)c4-c4c(cc(C)c(C)c4C)[C@@H]3N2c2c(C)c(C)c(C)c(C)c2C)c1. The summed E-state index contributed by atoms with van der Waals surface area (Å²) in [5.41, 5.74) is 29.2. The number of hydrogen-bond donors (Lipinski definition) is 0. The van der Waals surface area contributed by atoms with Gasteiger partial charge in [0, 0.05) is 28.9 Å². The average Bonchev–Trinajstić information content (AvgIpc) is 3.69. The van der Waals surface area contributed by atoms with E-state index >= 15 is 0 Å². The highest BCUT2D eigenvalue weighted by Crippen LogP contribution is 2.58. The molecule has 3 heterocycles. The van der Waals surface area contributed by atoms with E-state index in [1.807, 2.05) is 6.20 Å². The first-order valence-electron chi connectivity index (χ1n) is 24.6. The lowest BCUT2D eigenvalue weighted by molar-refractivity contribution is 0.481. The van der Waals surface area contributed by atoms with E-state index in [-0.39, 0.29) is 22.9 Å². The van der Waals surface area contributed by atoms with Crippen molar-refractivity contribution in [1.29, 1.82) is 0 Å². The summed E-state index contributed by atoms with van der Waals surface area (Å²) >= 11 is 0. The van der Waals surface area contributed by atoms with Gasteiger partial charge in [-0.05, 0) is 237 Å². The summed E-state index contributed by atoms with van der Waals surface area (Å²) in [4.78, 5) is 15.9. The third kappa shape index (κ3) is 6.78. The molecule has 0 bridgehead atoms. The van der Waals surface area contributed by atoms with E-state index in [2.05, 4.69) is 212 Å². The van der Waals surface area contributed by atoms with Crippen molar-refractivity contribution >= 4 is 28.7 Å². The largest absolute Gasteiger partial charge is 0.457 e. The summed E-state index contributed by atoms with van der Waals surface area (Å²) in [6, 6.07) is 31.2. The minimum atomic E-state index is -0.244. The molecule has 2 aliphatic heterocycles. The molecule has 0 fully saturated rings. The fraction of sp³-hybridized carbons (Fsp3) is 0.333. The normalized spacial score (nSPS) is 16.8. The maximum Gasteiger partial charge on any atom is 0.137 e. The zero-order valence-electron chi connectivity index (χ0n) is 43.5. The van der Waals surface area contributed by atoms with Crippen LogP contribution in [0.2, 0.25) is 0 Å². The van der Waals surface area contributed by atoms with Gasteiger partial charge >= 0.3 is 0 Å². The van der Waals surface area contributed by atoms with Crippen molar-refractivity contribution in [3.63, 3.8) is 0 Å². The first kappa shape index (κ1) is 45.3. The number of rotatable bonds is 5. The molecular weight excluding hydrogens is 829 g/mol. The van der Waals surface area contributed by atoms with Crippen molar-refractivity contribution < 1.29 is 4.74 Å². The van der Waals surface area contributed by atoms with Crippen LogP contribution in [0.25, 0.3) is 11.1 Å². The molecule has 0 saturated heterocycles. The van der Waals surface area contributed by atoms with Gasteiger partial charge in [0.05, 0.1) is 17.4 Å². The molecule has 1 aromatic heterocycles. The van der Waals surface area contributed by atoms with Crippen molar-refractivity contribution in [3.05, 3.63) is 191 Å². The second-order valence-corrected chi connectivity index (χ2v) is 21.9. The molecular formula is C63H68N4O. The molecule has 7 aromatic rings. The van der Waals surface area contributed by atoms with Crippen molar-refractivity contribution in [1.82, 2.24) is 4.98 Å². The molecule has 5 nitrogen and oxygen atoms in total. The predicted molar refractivity (Wildman–Crippen MR) is 286 cm³/mol. The third-order valence-corrected chi connectivity index (χ3v) is 16.6. The molecule has 346 valence electrons. The summed E-state index contributed by atoms with van der Waals surface area (Å²) in [6.45, 7) is 38.9. The number of hydrogen-bond acceptors (Lipinski definition) is 5. The predicted octanol–water partition coefficient (Wildman–Crippen LogP) is 16.7. The number of pyridine rings is 1. The molecule has 6 aromatic carbocycles. The Morgan fingerprint density at radius 2 is 1.16 bits per heavy atom. The number of aliphatic imine (C=N–C) groups is 1. The molecule has 0 spiro atoms. The van der Waals surface area contributed by atoms with Gasteiger partial charge in [0.15, 0.2) is 0 Å². The molecule has 0 N–H and O–H groups in total. The lowest BCUT2D eigenvalue weighted by atomic mass is 9.73. The molecule has 3 aliphatic rings. The zero-order valence-corrected chi connectivity index (χ0v) is 43.5. The van der Waals surface area contributed by atoms with E-state index in [1.165, 1.54) is 106 Å². The highest BCUT2D eigenvalue weighted by Gasteiger charge is 2.47. The fourth-order valence-corrected chi connectivity index (χ4v) is 11.8. The van der Waals surface area contributed by atoms with Crippen molar-refractivity contribution in [2.24, 2.45) is 4.99 Å². The molecule has 68 heavy (non-hydrogen) atoms. The molecule has 5 heteroatoms. The van der Waals surface area contributed by atoms with Gasteiger partial charge in [0.25, 0.3) is 0 Å². The zero-order chi connectivity index (χ0) is 48.6. The molecule has 10 rings (SSSR count). The van der Waals surface area contributed by atoms with E-state index in [1.54, 1.807) is 0 Å². The van der Waals surface area contributed by atoms with Crippen molar-refractivity contribution in [3.8, 4) is 22.6 Å². The van der Waals surface area contributed by atoms with Crippen molar-refractivity contribution in [2.45, 2.75) is 141 Å². The molecule has 0 amide bonds. The van der Waals surface area contributed by atoms with Gasteiger partial charge < -0.3 is 9.64 Å². The van der Waals surface area contributed by atoms with Crippen LogP contribution >= 0.6 is 0 Å². The Morgan fingerprint density at radius 3 is 1.82 bits per heavy atom. The van der Waals surface area contributed by atoms with E-state index in [9.17, 15) is 0 Å². The number of amidine groups is 1.